The van der Waals surface area contributed by atoms with Crippen LogP contribution in [0.25, 0.3) is 0 Å². The normalized spacial score (nSPS) is 38.6. The zero-order chi connectivity index (χ0) is 34.6. The van der Waals surface area contributed by atoms with E-state index in [1.54, 1.807) is 0 Å². The number of thiol groups is 1. The van der Waals surface area contributed by atoms with Crippen LogP contribution in [-0.2, 0) is 14.5 Å². The first-order chi connectivity index (χ1) is 22.6. The molecule has 270 valence electrons. The first kappa shape index (κ1) is 41.0. The van der Waals surface area contributed by atoms with Crippen molar-refractivity contribution < 1.29 is 19.0 Å². The third kappa shape index (κ3) is 9.87. The van der Waals surface area contributed by atoms with Crippen LogP contribution >= 0.6 is 31.0 Å². The number of carbonyl (C=O) groups is 1. The van der Waals surface area contributed by atoms with Gasteiger partial charge in [0.2, 0.25) is 0 Å². The molecule has 1 aromatic rings. The number of hydrogen-bond donors (Lipinski definition) is 4. The lowest BCUT2D eigenvalue weighted by molar-refractivity contribution is -0.165. The van der Waals surface area contributed by atoms with Crippen LogP contribution in [0, 0.1) is 59.2 Å². The maximum Gasteiger partial charge on any atom is 0.337 e. The van der Waals surface area contributed by atoms with E-state index in [-0.39, 0.29) is 12.7 Å². The number of fused-ring (bicyclic) bond motifs is 7. The molecule has 1 saturated heterocycles. The molecule has 0 amide bonds. The van der Waals surface area contributed by atoms with Crippen molar-refractivity contribution in [1.82, 2.24) is 10.6 Å². The second-order valence-electron chi connectivity index (χ2n) is 15.7. The standard InChI is InChI=1S/C30H55N3O.C7H8.CHFO2.HIS/c1-6-19(2)18-33-28-20(3)27-26(34-28)17-25-23-9-8-21-16-22(32-15-7-14-31)10-12-29(21,4)24(23)11-13-30(25,27)5;1-7-5-3-2-4-6-7;2-4-1-3;1-2/h19-28,32-33H,6-18,31H2,1-5H3;2-6H,1H3;1H;2H/t19-,20-,21?,22?,23+,24?,25?,26-,27?,28-,29-,30-;;;/m0.../s1. The van der Waals surface area contributed by atoms with E-state index in [1.165, 1.54) is 63.4 Å². The highest BCUT2D eigenvalue weighted by molar-refractivity contribution is 14.2. The first-order valence-corrected chi connectivity index (χ1v) is 21.6. The fraction of sp³-hybridized carbons (Fsp3) is 0.816. The van der Waals surface area contributed by atoms with Gasteiger partial charge in [-0.3, -0.25) is 15.1 Å². The van der Waals surface area contributed by atoms with E-state index in [9.17, 15) is 4.53 Å². The van der Waals surface area contributed by atoms with E-state index < -0.39 is 0 Å². The summed E-state index contributed by atoms with van der Waals surface area (Å²) in [6, 6.07) is 11.0. The molecule has 0 aromatic heterocycles. The molecule has 0 bridgehead atoms. The summed E-state index contributed by atoms with van der Waals surface area (Å²) in [6.45, 7) is 17.3. The molecule has 1 heterocycles. The Labute approximate surface area is 303 Å². The lowest BCUT2D eigenvalue weighted by Gasteiger charge is -2.61. The number of nitrogens with one attached hydrogen (secondary N) is 2. The van der Waals surface area contributed by atoms with E-state index >= 15 is 0 Å². The molecule has 6 rings (SSSR count). The van der Waals surface area contributed by atoms with Crippen LogP contribution in [0.15, 0.2) is 30.3 Å². The molecular weight excluding hydrogens is 724 g/mol. The van der Waals surface area contributed by atoms with Crippen molar-refractivity contribution in [3.05, 3.63) is 35.9 Å². The molecule has 0 radical (unpaired) electrons. The van der Waals surface area contributed by atoms with E-state index in [0.717, 1.165) is 67.6 Å². The number of benzene rings is 1. The second kappa shape index (κ2) is 19.8. The summed E-state index contributed by atoms with van der Waals surface area (Å²) in [6.07, 6.45) is 14.5. The second-order valence-corrected chi connectivity index (χ2v) is 15.7. The van der Waals surface area contributed by atoms with Crippen LogP contribution in [0.1, 0.15) is 104 Å². The molecule has 9 heteroatoms. The summed E-state index contributed by atoms with van der Waals surface area (Å²) < 4.78 is 16.6. The van der Waals surface area contributed by atoms with Crippen LogP contribution < -0.4 is 16.4 Å². The Hall–Kier alpha value is -0.460. The largest absolute Gasteiger partial charge is 0.360 e. The summed E-state index contributed by atoms with van der Waals surface area (Å²) in [7, 11) is 3.50. The molecule has 12 atom stereocenters. The molecule has 5 unspecified atom stereocenters. The molecule has 5 aliphatic rings. The Balaban J connectivity index is 0.000000391. The summed E-state index contributed by atoms with van der Waals surface area (Å²) in [5.74, 6) is 5.82. The lowest BCUT2D eigenvalue weighted by Crippen LogP contribution is -2.55. The van der Waals surface area contributed by atoms with Gasteiger partial charge in [0.25, 0.3) is 0 Å². The Bertz CT molecular complexity index is 1040. The molecule has 4 N–H and O–H groups in total. The van der Waals surface area contributed by atoms with Gasteiger partial charge in [-0.05, 0) is 145 Å². The van der Waals surface area contributed by atoms with Crippen molar-refractivity contribution in [3.8, 4) is 0 Å². The average molecular weight is 790 g/mol. The zero-order valence-corrected chi connectivity index (χ0v) is 33.0. The van der Waals surface area contributed by atoms with Crippen LogP contribution in [-0.4, -0.2) is 44.5 Å². The van der Waals surface area contributed by atoms with Crippen LogP contribution in [0.3, 0.4) is 0 Å². The predicted molar refractivity (Wildman–Crippen MR) is 204 cm³/mol. The number of ether oxygens (including phenoxy) is 1. The van der Waals surface area contributed by atoms with E-state index in [1.807, 2.05) is 39.4 Å². The van der Waals surface area contributed by atoms with E-state index in [4.69, 9.17) is 15.3 Å². The van der Waals surface area contributed by atoms with Gasteiger partial charge in [0, 0.05) is 23.0 Å². The summed E-state index contributed by atoms with van der Waals surface area (Å²) in [5.41, 5.74) is 8.11. The fourth-order valence-electron chi connectivity index (χ4n) is 10.7. The molecule has 47 heavy (non-hydrogen) atoms. The van der Waals surface area contributed by atoms with Crippen LogP contribution in [0.5, 0.6) is 0 Å². The maximum atomic E-state index is 9.85. The number of rotatable bonds is 9. The van der Waals surface area contributed by atoms with Gasteiger partial charge in [-0.15, -0.1) is 9.80 Å². The Morgan fingerprint density at radius 1 is 1.09 bits per heavy atom. The van der Waals surface area contributed by atoms with Crippen LogP contribution in [0.4, 0.5) is 4.53 Å². The molecule has 4 saturated carbocycles. The molecule has 5 fully saturated rings. The number of carbonyl (C=O) groups excluding carboxylic acids is 1. The fourth-order valence-corrected chi connectivity index (χ4v) is 10.7. The van der Waals surface area contributed by atoms with Crippen LogP contribution in [0.2, 0.25) is 0 Å². The highest BCUT2D eigenvalue weighted by Crippen LogP contribution is 2.69. The average Bonchev–Trinajstić information content (AvgIpc) is 3.57. The van der Waals surface area contributed by atoms with Gasteiger partial charge in [0.1, 0.15) is 6.23 Å². The van der Waals surface area contributed by atoms with Crippen molar-refractivity contribution in [3.63, 3.8) is 0 Å². The molecule has 6 nitrogen and oxygen atoms in total. The Morgan fingerprint density at radius 3 is 2.36 bits per heavy atom. The van der Waals surface area contributed by atoms with Gasteiger partial charge < -0.3 is 15.8 Å². The molecule has 0 spiro atoms. The van der Waals surface area contributed by atoms with Crippen molar-refractivity contribution in [2.45, 2.75) is 124 Å². The Kier molecular flexibility index (Phi) is 17.3. The number of hydrogen-bond acceptors (Lipinski definition) is 7. The minimum atomic E-state index is -0.292. The van der Waals surface area contributed by atoms with Gasteiger partial charge in [-0.2, -0.15) is 0 Å². The molecule has 4 aliphatic carbocycles. The lowest BCUT2D eigenvalue weighted by atomic mass is 9.44. The molecular formula is C38H65FIN3O3S. The summed E-state index contributed by atoms with van der Waals surface area (Å²) >= 11 is 1.84. The van der Waals surface area contributed by atoms with Gasteiger partial charge in [-0.25, -0.2) is 0 Å². The maximum absolute atomic E-state index is 9.85. The Morgan fingerprint density at radius 2 is 1.77 bits per heavy atom. The summed E-state index contributed by atoms with van der Waals surface area (Å²) in [4.78, 5) is 10.9. The third-order valence-electron chi connectivity index (χ3n) is 13.3. The molecule has 1 aliphatic heterocycles. The summed E-state index contributed by atoms with van der Waals surface area (Å²) in [5, 5.41) is 7.65. The minimum absolute atomic E-state index is 0.273. The van der Waals surface area contributed by atoms with Crippen molar-refractivity contribution in [1.29, 1.82) is 0 Å². The van der Waals surface area contributed by atoms with Gasteiger partial charge in [0.15, 0.2) is 0 Å². The van der Waals surface area contributed by atoms with Gasteiger partial charge in [-0.1, -0.05) is 76.9 Å². The predicted octanol–water partition coefficient (Wildman–Crippen LogP) is 8.86. The quantitative estimate of drug-likeness (QED) is 0.0867. The number of nitrogens with two attached hydrogens (primary N) is 1. The molecule has 1 aromatic carbocycles. The van der Waals surface area contributed by atoms with Gasteiger partial charge in [0.05, 0.1) is 6.10 Å². The monoisotopic (exact) mass is 789 g/mol. The van der Waals surface area contributed by atoms with Gasteiger partial charge >= 0.3 is 6.47 Å². The highest BCUT2D eigenvalue weighted by atomic mass is 127. The first-order valence-electron chi connectivity index (χ1n) is 18.3. The topological polar surface area (TPSA) is 85.6 Å². The minimum Gasteiger partial charge on any atom is -0.360 e. The zero-order valence-electron chi connectivity index (χ0n) is 29.9. The van der Waals surface area contributed by atoms with E-state index in [0.29, 0.717) is 22.9 Å². The highest BCUT2D eigenvalue weighted by Gasteiger charge is 2.65. The van der Waals surface area contributed by atoms with Crippen molar-refractivity contribution in [2.24, 2.45) is 58.0 Å². The third-order valence-corrected chi connectivity index (χ3v) is 13.3. The smallest absolute Gasteiger partial charge is 0.337 e. The number of halogens is 2. The van der Waals surface area contributed by atoms with Crippen molar-refractivity contribution >= 4 is 37.5 Å². The van der Waals surface area contributed by atoms with E-state index in [2.05, 4.69) is 79.1 Å². The van der Waals surface area contributed by atoms with Crippen molar-refractivity contribution in [2.75, 3.05) is 19.6 Å². The number of aryl methyl sites for hydroxylation is 1. The SMILES string of the molecule is CC[C@H](C)CN[C@H]1O[C@H]2CC3[C@@H]4CCC5CC(NCCCN)CC[C@]5(C)C4CC[C@]3(C)C2[C@@H]1C.Cc1ccccc1.O=COF.SI.